The molecule has 2 aromatic heterocycles. The van der Waals surface area contributed by atoms with E-state index in [1.54, 1.807) is 23.1 Å². The van der Waals surface area contributed by atoms with E-state index in [2.05, 4.69) is 26.8 Å². The van der Waals surface area contributed by atoms with Crippen LogP contribution < -0.4 is 14.7 Å². The van der Waals surface area contributed by atoms with Gasteiger partial charge in [-0.05, 0) is 44.0 Å². The van der Waals surface area contributed by atoms with Crippen LogP contribution in [0.1, 0.15) is 25.3 Å². The van der Waals surface area contributed by atoms with Crippen LogP contribution in [-0.2, 0) is 6.18 Å². The summed E-state index contributed by atoms with van der Waals surface area (Å²) >= 11 is 0. The quantitative estimate of drug-likeness (QED) is 0.506. The lowest BCUT2D eigenvalue weighted by atomic mass is 10.2. The first-order valence-electron chi connectivity index (χ1n) is 11.6. The number of hydrogen-bond donors (Lipinski definition) is 0. The minimum Gasteiger partial charge on any atom is -0.353 e. The molecule has 3 aromatic rings. The number of benzene rings is 1. The fraction of sp³-hybridized carbons (Fsp3) is 0.417. The summed E-state index contributed by atoms with van der Waals surface area (Å²) in [6, 6.07) is 8.91. The number of aromatic nitrogens is 4. The predicted octanol–water partition coefficient (Wildman–Crippen LogP) is 4.41. The largest absolute Gasteiger partial charge is 0.419 e. The van der Waals surface area contributed by atoms with Crippen molar-refractivity contribution in [3.8, 4) is 11.4 Å². The fourth-order valence-electron chi connectivity index (χ4n) is 4.61. The van der Waals surface area contributed by atoms with Crippen molar-refractivity contribution in [2.45, 2.75) is 32.0 Å². The van der Waals surface area contributed by atoms with Crippen molar-refractivity contribution in [2.24, 2.45) is 0 Å². The molecule has 0 radical (unpaired) electrons. The van der Waals surface area contributed by atoms with E-state index in [9.17, 15) is 17.6 Å². The summed E-state index contributed by atoms with van der Waals surface area (Å²) in [6.07, 6.45) is -1.08. The summed E-state index contributed by atoms with van der Waals surface area (Å²) in [4.78, 5) is 23.5. The Bertz CT molecular complexity index is 1190. The summed E-state index contributed by atoms with van der Waals surface area (Å²) < 4.78 is 55.0. The van der Waals surface area contributed by atoms with Crippen LogP contribution in [0.15, 0.2) is 42.6 Å². The Morgan fingerprint density at radius 1 is 0.857 bits per heavy atom. The Morgan fingerprint density at radius 2 is 1.57 bits per heavy atom. The van der Waals surface area contributed by atoms with Gasteiger partial charge >= 0.3 is 6.18 Å². The molecule has 2 saturated heterocycles. The van der Waals surface area contributed by atoms with Crippen molar-refractivity contribution >= 4 is 17.7 Å². The van der Waals surface area contributed by atoms with Crippen LogP contribution in [0.3, 0.4) is 0 Å². The van der Waals surface area contributed by atoms with Crippen LogP contribution in [0.4, 0.5) is 35.3 Å². The lowest BCUT2D eigenvalue weighted by Crippen LogP contribution is -2.48. The van der Waals surface area contributed by atoms with Gasteiger partial charge in [0.15, 0.2) is 5.82 Å². The molecule has 2 aliphatic rings. The molecule has 35 heavy (non-hydrogen) atoms. The van der Waals surface area contributed by atoms with Gasteiger partial charge in [-0.2, -0.15) is 28.1 Å². The van der Waals surface area contributed by atoms with E-state index >= 15 is 0 Å². The normalized spacial score (nSPS) is 18.9. The Labute approximate surface area is 200 Å². The summed E-state index contributed by atoms with van der Waals surface area (Å²) in [5.41, 5.74) is -0.466. The van der Waals surface area contributed by atoms with Crippen molar-refractivity contribution in [1.29, 1.82) is 0 Å². The van der Waals surface area contributed by atoms with Gasteiger partial charge in [-0.15, -0.1) is 0 Å². The van der Waals surface area contributed by atoms with Gasteiger partial charge in [0.25, 0.3) is 0 Å². The molecular weight excluding hydrogens is 462 g/mol. The highest BCUT2D eigenvalue weighted by Crippen LogP contribution is 2.35. The van der Waals surface area contributed by atoms with Crippen LogP contribution in [0.5, 0.6) is 0 Å². The van der Waals surface area contributed by atoms with Crippen molar-refractivity contribution in [3.05, 3.63) is 54.0 Å². The average Bonchev–Trinajstić information content (AvgIpc) is 3.29. The van der Waals surface area contributed by atoms with E-state index in [0.717, 1.165) is 25.5 Å². The predicted molar refractivity (Wildman–Crippen MR) is 125 cm³/mol. The molecule has 2 fully saturated rings. The highest BCUT2D eigenvalue weighted by atomic mass is 19.4. The number of rotatable bonds is 4. The number of alkyl halides is 3. The molecule has 0 N–H and O–H groups in total. The lowest BCUT2D eigenvalue weighted by molar-refractivity contribution is -0.137. The molecule has 1 atom stereocenters. The Balaban J connectivity index is 1.44. The van der Waals surface area contributed by atoms with Crippen molar-refractivity contribution < 1.29 is 17.6 Å². The van der Waals surface area contributed by atoms with E-state index in [0.29, 0.717) is 38.1 Å². The lowest BCUT2D eigenvalue weighted by Gasteiger charge is -2.36. The summed E-state index contributed by atoms with van der Waals surface area (Å²) in [6.45, 7) is 4.32. The molecule has 2 aliphatic heterocycles. The second kappa shape index (κ2) is 9.27. The zero-order chi connectivity index (χ0) is 24.6. The molecule has 0 aliphatic carbocycles. The van der Waals surface area contributed by atoms with Gasteiger partial charge < -0.3 is 14.7 Å². The second-order valence-electron chi connectivity index (χ2n) is 8.77. The molecule has 1 unspecified atom stereocenters. The SMILES string of the molecule is CC1CCCN1c1nc(-c2ccccc2F)nc(N2CCN(c3ncccc3C(F)(F)F)CC2)n1. The maximum atomic E-state index is 14.6. The average molecular weight is 488 g/mol. The number of piperazine rings is 1. The van der Waals surface area contributed by atoms with E-state index in [1.807, 2.05) is 4.90 Å². The van der Waals surface area contributed by atoms with Gasteiger partial charge in [0.05, 0.1) is 11.1 Å². The zero-order valence-electron chi connectivity index (χ0n) is 19.2. The minimum atomic E-state index is -4.48. The second-order valence-corrected chi connectivity index (χ2v) is 8.77. The summed E-state index contributed by atoms with van der Waals surface area (Å²) in [5, 5.41) is 0. The first kappa shape index (κ1) is 23.3. The minimum absolute atomic E-state index is 0.0751. The molecule has 1 aromatic carbocycles. The third-order valence-corrected chi connectivity index (χ3v) is 6.49. The van der Waals surface area contributed by atoms with Gasteiger partial charge in [-0.25, -0.2) is 9.37 Å². The van der Waals surface area contributed by atoms with Crippen LogP contribution >= 0.6 is 0 Å². The Morgan fingerprint density at radius 3 is 2.26 bits per heavy atom. The van der Waals surface area contributed by atoms with Crippen LogP contribution in [0.25, 0.3) is 11.4 Å². The van der Waals surface area contributed by atoms with E-state index in [4.69, 9.17) is 4.98 Å². The number of halogens is 4. The smallest absolute Gasteiger partial charge is 0.353 e. The third-order valence-electron chi connectivity index (χ3n) is 6.49. The first-order valence-corrected chi connectivity index (χ1v) is 11.6. The standard InChI is InChI=1S/C24H25F4N7/c1-16-6-5-11-35(16)23-31-20(17-7-2-3-9-19(17)25)30-22(32-23)34-14-12-33(13-15-34)21-18(24(26,27)28)8-4-10-29-21/h2-4,7-10,16H,5-6,11-15H2,1H3. The van der Waals surface area contributed by atoms with E-state index in [1.165, 1.54) is 18.3 Å². The molecule has 184 valence electrons. The highest BCUT2D eigenvalue weighted by molar-refractivity contribution is 5.60. The Hall–Kier alpha value is -3.50. The first-order chi connectivity index (χ1) is 16.8. The third kappa shape index (κ3) is 4.71. The van der Waals surface area contributed by atoms with Gasteiger partial charge in [-0.3, -0.25) is 0 Å². The fourth-order valence-corrected chi connectivity index (χ4v) is 4.61. The maximum Gasteiger partial charge on any atom is 0.419 e. The molecule has 5 rings (SSSR count). The van der Waals surface area contributed by atoms with Crippen LogP contribution in [-0.4, -0.2) is 58.7 Å². The van der Waals surface area contributed by atoms with Gasteiger partial charge in [0, 0.05) is 45.0 Å². The number of hydrogen-bond acceptors (Lipinski definition) is 7. The van der Waals surface area contributed by atoms with Crippen molar-refractivity contribution in [2.75, 3.05) is 47.4 Å². The molecule has 11 heteroatoms. The van der Waals surface area contributed by atoms with Crippen LogP contribution in [0, 0.1) is 5.82 Å². The monoisotopic (exact) mass is 487 g/mol. The van der Waals surface area contributed by atoms with E-state index < -0.39 is 17.6 Å². The van der Waals surface area contributed by atoms with Crippen molar-refractivity contribution in [1.82, 2.24) is 19.9 Å². The zero-order valence-corrected chi connectivity index (χ0v) is 19.2. The van der Waals surface area contributed by atoms with Gasteiger partial charge in [0.2, 0.25) is 11.9 Å². The topological polar surface area (TPSA) is 61.3 Å². The van der Waals surface area contributed by atoms with Crippen LogP contribution in [0.2, 0.25) is 0 Å². The summed E-state index contributed by atoms with van der Waals surface area (Å²) in [7, 11) is 0. The number of nitrogens with zero attached hydrogens (tertiary/aromatic N) is 7. The molecule has 0 spiro atoms. The molecular formula is C24H25F4N7. The molecule has 7 nitrogen and oxygen atoms in total. The molecule has 4 heterocycles. The van der Waals surface area contributed by atoms with Gasteiger partial charge in [0.1, 0.15) is 11.6 Å². The molecule has 0 bridgehead atoms. The maximum absolute atomic E-state index is 14.6. The van der Waals surface area contributed by atoms with Gasteiger partial charge in [-0.1, -0.05) is 12.1 Å². The number of pyridine rings is 1. The van der Waals surface area contributed by atoms with Crippen molar-refractivity contribution in [3.63, 3.8) is 0 Å². The number of anilines is 3. The highest BCUT2D eigenvalue weighted by Gasteiger charge is 2.36. The molecule has 0 saturated carbocycles. The summed E-state index contributed by atoms with van der Waals surface area (Å²) in [5.74, 6) is 0.626. The Kier molecular flexibility index (Phi) is 6.16. The van der Waals surface area contributed by atoms with E-state index in [-0.39, 0.29) is 23.2 Å². The molecule has 0 amide bonds.